The van der Waals surface area contributed by atoms with E-state index in [1.165, 1.54) is 15.7 Å². The summed E-state index contributed by atoms with van der Waals surface area (Å²) in [5, 5.41) is 4.40. The predicted octanol–water partition coefficient (Wildman–Crippen LogP) is 3.15. The Morgan fingerprint density at radius 3 is 2.91 bits per heavy atom. The van der Waals surface area contributed by atoms with Gasteiger partial charge in [0.2, 0.25) is 5.58 Å². The van der Waals surface area contributed by atoms with Crippen molar-refractivity contribution >= 4 is 22.1 Å². The van der Waals surface area contributed by atoms with Gasteiger partial charge in [0, 0.05) is 23.9 Å². The molecule has 7 heteroatoms. The average Bonchev–Trinajstić information content (AvgIpc) is 3.40. The largest absolute Gasteiger partial charge is 0.496 e. The lowest BCUT2D eigenvalue weighted by molar-refractivity contribution is 0.370. The van der Waals surface area contributed by atoms with Gasteiger partial charge in [-0.05, 0) is 61.1 Å². The number of hydrogen-bond acceptors (Lipinski definition) is 5. The fourth-order valence-corrected chi connectivity index (χ4v) is 5.78. The van der Waals surface area contributed by atoms with Crippen molar-refractivity contribution in [1.82, 2.24) is 14.9 Å². The molecule has 0 spiro atoms. The van der Waals surface area contributed by atoms with Crippen LogP contribution in [0.3, 0.4) is 0 Å². The van der Waals surface area contributed by atoms with Gasteiger partial charge in [-0.3, -0.25) is 9.36 Å². The molecule has 1 saturated heterocycles. The first-order chi connectivity index (χ1) is 15.7. The third kappa shape index (κ3) is 2.84. The van der Waals surface area contributed by atoms with E-state index in [4.69, 9.17) is 9.15 Å². The van der Waals surface area contributed by atoms with Gasteiger partial charge in [0.25, 0.3) is 5.56 Å². The van der Waals surface area contributed by atoms with Gasteiger partial charge >= 0.3 is 5.69 Å². The third-order valence-electron chi connectivity index (χ3n) is 7.27. The minimum absolute atomic E-state index is 0.198. The van der Waals surface area contributed by atoms with Gasteiger partial charge in [-0.1, -0.05) is 24.3 Å². The molecule has 1 unspecified atom stereocenters. The monoisotopic (exact) mass is 431 g/mol. The van der Waals surface area contributed by atoms with E-state index in [0.717, 1.165) is 30.5 Å². The molecular weight excluding hydrogens is 406 g/mol. The number of nitrogens with zero attached hydrogens (tertiary/aromatic N) is 1. The summed E-state index contributed by atoms with van der Waals surface area (Å²) in [5.41, 5.74) is 3.14. The smallest absolute Gasteiger partial charge is 0.329 e. The van der Waals surface area contributed by atoms with Crippen molar-refractivity contribution in [3.05, 3.63) is 74.4 Å². The number of para-hydroxylation sites is 1. The zero-order chi connectivity index (χ0) is 21.8. The van der Waals surface area contributed by atoms with Crippen molar-refractivity contribution in [2.75, 3.05) is 13.7 Å². The van der Waals surface area contributed by atoms with E-state index in [9.17, 15) is 9.59 Å². The lowest BCUT2D eigenvalue weighted by atomic mass is 9.73. The van der Waals surface area contributed by atoms with E-state index in [2.05, 4.69) is 22.4 Å². The van der Waals surface area contributed by atoms with Crippen LogP contribution < -0.4 is 21.3 Å². The summed E-state index contributed by atoms with van der Waals surface area (Å²) in [7, 11) is 1.72. The minimum Gasteiger partial charge on any atom is -0.496 e. The molecule has 1 aliphatic carbocycles. The number of furan rings is 1. The molecule has 0 amide bonds. The van der Waals surface area contributed by atoms with Crippen LogP contribution in [0.1, 0.15) is 29.9 Å². The first kappa shape index (κ1) is 19.4. The quantitative estimate of drug-likeness (QED) is 0.518. The van der Waals surface area contributed by atoms with E-state index >= 15 is 0 Å². The Labute approximate surface area is 184 Å². The summed E-state index contributed by atoms with van der Waals surface area (Å²) < 4.78 is 12.6. The molecule has 2 aromatic heterocycles. The van der Waals surface area contributed by atoms with Gasteiger partial charge in [-0.15, -0.1) is 0 Å². The summed E-state index contributed by atoms with van der Waals surface area (Å²) in [4.78, 5) is 28.8. The van der Waals surface area contributed by atoms with Crippen LogP contribution in [0, 0.1) is 5.92 Å². The highest BCUT2D eigenvalue weighted by Gasteiger charge is 2.40. The van der Waals surface area contributed by atoms with Crippen molar-refractivity contribution < 1.29 is 9.15 Å². The van der Waals surface area contributed by atoms with Crippen molar-refractivity contribution in [2.24, 2.45) is 5.92 Å². The number of methoxy groups -OCH3 is 1. The Morgan fingerprint density at radius 2 is 2.03 bits per heavy atom. The molecule has 1 fully saturated rings. The highest BCUT2D eigenvalue weighted by molar-refractivity contribution is 6.01. The van der Waals surface area contributed by atoms with Crippen molar-refractivity contribution in [2.45, 2.75) is 37.8 Å². The van der Waals surface area contributed by atoms with E-state index in [1.54, 1.807) is 13.2 Å². The van der Waals surface area contributed by atoms with Gasteiger partial charge in [0.15, 0.2) is 0 Å². The van der Waals surface area contributed by atoms with Crippen molar-refractivity contribution in [1.29, 1.82) is 0 Å². The first-order valence-corrected chi connectivity index (χ1v) is 11.2. The summed E-state index contributed by atoms with van der Waals surface area (Å²) in [6, 6.07) is 13.8. The average molecular weight is 431 g/mol. The molecule has 164 valence electrons. The standard InChI is InChI=1S/C25H25N3O4/c1-31-19-8-4-6-16-15(19)10-9-14-13-26-18(21(14)16)11-12-28-24(29)23-22(27-25(28)30)17-5-2-3-7-20(17)32-23/h2-8,14,18,21,26H,9-13H2,1H3,(H,27,30)/t14-,18?,21+/m0/s1. The number of aromatic nitrogens is 2. The number of nitrogens with one attached hydrogen (secondary N) is 2. The fourth-order valence-electron chi connectivity index (χ4n) is 5.78. The number of ether oxygens (including phenoxy) is 1. The second kappa shape index (κ2) is 7.38. The third-order valence-corrected chi connectivity index (χ3v) is 7.27. The molecule has 3 atom stereocenters. The minimum atomic E-state index is -0.394. The van der Waals surface area contributed by atoms with Crippen molar-refractivity contribution in [3.63, 3.8) is 0 Å². The van der Waals surface area contributed by atoms with Gasteiger partial charge in [0.1, 0.15) is 16.8 Å². The summed E-state index contributed by atoms with van der Waals surface area (Å²) in [6.07, 6.45) is 2.83. The maximum atomic E-state index is 13.1. The molecule has 0 bridgehead atoms. The molecule has 6 rings (SSSR count). The summed E-state index contributed by atoms with van der Waals surface area (Å²) in [6.45, 7) is 1.29. The Morgan fingerprint density at radius 1 is 1.16 bits per heavy atom. The topological polar surface area (TPSA) is 89.3 Å². The highest BCUT2D eigenvalue weighted by atomic mass is 16.5. The molecular formula is C25H25N3O4. The maximum absolute atomic E-state index is 13.1. The van der Waals surface area contributed by atoms with Crippen LogP contribution in [-0.2, 0) is 13.0 Å². The van der Waals surface area contributed by atoms with Crippen LogP contribution in [0.15, 0.2) is 56.5 Å². The lowest BCUT2D eigenvalue weighted by Crippen LogP contribution is -2.37. The Bertz CT molecular complexity index is 1450. The van der Waals surface area contributed by atoms with E-state index < -0.39 is 5.69 Å². The molecule has 0 radical (unpaired) electrons. The SMILES string of the molecule is COc1cccc2c1CC[C@H]1CNC(CCn3c(=O)[nH]c4c(oc5ccccc54)c3=O)[C@@H]21. The Balaban J connectivity index is 1.33. The zero-order valence-electron chi connectivity index (χ0n) is 17.9. The van der Waals surface area contributed by atoms with Crippen LogP contribution in [-0.4, -0.2) is 29.2 Å². The molecule has 2 aromatic carbocycles. The van der Waals surface area contributed by atoms with E-state index in [-0.39, 0.29) is 17.2 Å². The summed E-state index contributed by atoms with van der Waals surface area (Å²) >= 11 is 0. The van der Waals surface area contributed by atoms with Crippen molar-refractivity contribution in [3.8, 4) is 5.75 Å². The highest BCUT2D eigenvalue weighted by Crippen LogP contribution is 2.45. The second-order valence-electron chi connectivity index (χ2n) is 8.85. The maximum Gasteiger partial charge on any atom is 0.329 e. The first-order valence-electron chi connectivity index (χ1n) is 11.2. The number of rotatable bonds is 4. The lowest BCUT2D eigenvalue weighted by Gasteiger charge is -2.32. The molecule has 1 aliphatic heterocycles. The van der Waals surface area contributed by atoms with Gasteiger partial charge in [-0.25, -0.2) is 4.79 Å². The Kier molecular flexibility index (Phi) is 4.47. The molecule has 7 nitrogen and oxygen atoms in total. The van der Waals surface area contributed by atoms with E-state index in [1.807, 2.05) is 24.3 Å². The number of aromatic amines is 1. The van der Waals surface area contributed by atoms with Gasteiger partial charge < -0.3 is 19.5 Å². The second-order valence-corrected chi connectivity index (χ2v) is 8.85. The molecule has 2 aliphatic rings. The molecule has 2 N–H and O–H groups in total. The summed E-state index contributed by atoms with van der Waals surface area (Å²) in [5.74, 6) is 1.88. The van der Waals surface area contributed by atoms with Gasteiger partial charge in [0.05, 0.1) is 7.11 Å². The number of H-pyrrole nitrogens is 1. The van der Waals surface area contributed by atoms with Crippen LogP contribution in [0.4, 0.5) is 0 Å². The van der Waals surface area contributed by atoms with Gasteiger partial charge in [-0.2, -0.15) is 0 Å². The Hall–Kier alpha value is -3.32. The van der Waals surface area contributed by atoms with E-state index in [0.29, 0.717) is 35.9 Å². The molecule has 0 saturated carbocycles. The van der Waals surface area contributed by atoms with Crippen LogP contribution in [0.5, 0.6) is 5.75 Å². The molecule has 32 heavy (non-hydrogen) atoms. The van der Waals surface area contributed by atoms with Crippen LogP contribution in [0.25, 0.3) is 22.1 Å². The number of benzene rings is 2. The van der Waals surface area contributed by atoms with Crippen LogP contribution in [0.2, 0.25) is 0 Å². The number of hydrogen-bond donors (Lipinski definition) is 2. The fraction of sp³-hybridized carbons (Fsp3) is 0.360. The molecule has 4 aromatic rings. The predicted molar refractivity (Wildman–Crippen MR) is 123 cm³/mol. The number of fused-ring (bicyclic) bond motifs is 6. The zero-order valence-corrected chi connectivity index (χ0v) is 17.9. The van der Waals surface area contributed by atoms with Crippen LogP contribution >= 0.6 is 0 Å². The molecule has 3 heterocycles. The normalized spacial score (nSPS) is 22.2.